The molecule has 1 aromatic heterocycles. The predicted octanol–water partition coefficient (Wildman–Crippen LogP) is 3.23. The van der Waals surface area contributed by atoms with Crippen LogP contribution in [0, 0.1) is 0 Å². The lowest BCUT2D eigenvalue weighted by molar-refractivity contribution is 0.588. The van der Waals surface area contributed by atoms with E-state index in [1.54, 1.807) is 0 Å². The third-order valence-corrected chi connectivity index (χ3v) is 5.09. The van der Waals surface area contributed by atoms with Crippen molar-refractivity contribution in [3.8, 4) is 11.3 Å². The van der Waals surface area contributed by atoms with Gasteiger partial charge in [0.1, 0.15) is 5.82 Å². The molecule has 6 heteroatoms. The number of nitrogens with zero attached hydrogens (tertiary/aromatic N) is 2. The molecule has 124 valence electrons. The fourth-order valence-corrected chi connectivity index (χ4v) is 3.09. The molecule has 1 unspecified atom stereocenters. The number of rotatable bonds is 5. The molecule has 0 saturated carbocycles. The van der Waals surface area contributed by atoms with Gasteiger partial charge in [-0.3, -0.25) is 0 Å². The second kappa shape index (κ2) is 7.19. The number of nitrogens with one attached hydrogen (secondary N) is 1. The summed E-state index contributed by atoms with van der Waals surface area (Å²) in [6, 6.07) is 11.5. The summed E-state index contributed by atoms with van der Waals surface area (Å²) in [6.45, 7) is 7.88. The smallest absolute Gasteiger partial charge is 0.146 e. The molecule has 1 heterocycles. The second-order valence-corrected chi connectivity index (χ2v) is 8.40. The molecule has 23 heavy (non-hydrogen) atoms. The second-order valence-electron chi connectivity index (χ2n) is 6.40. The van der Waals surface area contributed by atoms with Crippen LogP contribution in [0.1, 0.15) is 45.7 Å². The highest BCUT2D eigenvalue weighted by Crippen LogP contribution is 2.29. The van der Waals surface area contributed by atoms with E-state index in [1.807, 2.05) is 64.1 Å². The summed E-state index contributed by atoms with van der Waals surface area (Å²) in [5.41, 5.74) is 8.50. The maximum absolute atomic E-state index is 12.5. The minimum atomic E-state index is -1.18. The van der Waals surface area contributed by atoms with Gasteiger partial charge in [-0.25, -0.2) is 8.93 Å². The first kappa shape index (κ1) is 17.6. The van der Waals surface area contributed by atoms with Gasteiger partial charge in [0.2, 0.25) is 0 Å². The number of nitrogens with two attached hydrogens (primary N) is 1. The van der Waals surface area contributed by atoms with Gasteiger partial charge in [0.15, 0.2) is 0 Å². The summed E-state index contributed by atoms with van der Waals surface area (Å²) in [4.78, 5) is 0. The average Bonchev–Trinajstić information content (AvgIpc) is 2.52. The van der Waals surface area contributed by atoms with Crippen LogP contribution in [0.4, 0.5) is 5.82 Å². The molecule has 5 nitrogen and oxygen atoms in total. The molecular weight excluding hydrogens is 308 g/mol. The van der Waals surface area contributed by atoms with Crippen LogP contribution in [-0.4, -0.2) is 19.2 Å². The lowest BCUT2D eigenvalue weighted by Gasteiger charge is -2.25. The summed E-state index contributed by atoms with van der Waals surface area (Å²) in [7, 11) is -1.18. The van der Waals surface area contributed by atoms with Crippen molar-refractivity contribution in [2.75, 3.05) is 5.73 Å². The van der Waals surface area contributed by atoms with Crippen molar-refractivity contribution < 1.29 is 4.21 Å². The summed E-state index contributed by atoms with van der Waals surface area (Å²) >= 11 is 0. The maximum Gasteiger partial charge on any atom is 0.146 e. The first-order valence-electron chi connectivity index (χ1n) is 7.69. The van der Waals surface area contributed by atoms with Crippen LogP contribution < -0.4 is 10.5 Å². The third kappa shape index (κ3) is 4.36. The van der Waals surface area contributed by atoms with E-state index in [0.29, 0.717) is 5.82 Å². The zero-order valence-corrected chi connectivity index (χ0v) is 14.9. The molecule has 0 saturated heterocycles. The van der Waals surface area contributed by atoms with Gasteiger partial charge in [0, 0.05) is 17.2 Å². The van der Waals surface area contributed by atoms with Gasteiger partial charge < -0.3 is 5.73 Å². The van der Waals surface area contributed by atoms with Gasteiger partial charge in [0.05, 0.1) is 21.4 Å². The monoisotopic (exact) mass is 332 g/mol. The SMILES string of the molecule is CC[C@H](NS(=O)C(C)(C)C)c1cc(N)nnc1-c1ccccc1. The fraction of sp³-hybridized carbons (Fsp3) is 0.412. The molecule has 0 spiro atoms. The number of hydrogen-bond donors (Lipinski definition) is 2. The Kier molecular flexibility index (Phi) is 5.49. The van der Waals surface area contributed by atoms with Crippen molar-refractivity contribution in [3.05, 3.63) is 42.0 Å². The molecule has 0 bridgehead atoms. The van der Waals surface area contributed by atoms with Gasteiger partial charge in [-0.2, -0.15) is 0 Å². The van der Waals surface area contributed by atoms with Crippen LogP contribution in [0.5, 0.6) is 0 Å². The zero-order chi connectivity index (χ0) is 17.0. The number of nitrogen functional groups attached to an aromatic ring is 1. The quantitative estimate of drug-likeness (QED) is 0.881. The van der Waals surface area contributed by atoms with E-state index < -0.39 is 11.0 Å². The van der Waals surface area contributed by atoms with Crippen LogP contribution in [0.25, 0.3) is 11.3 Å². The van der Waals surface area contributed by atoms with E-state index in [2.05, 4.69) is 14.9 Å². The molecule has 0 aliphatic carbocycles. The molecule has 0 amide bonds. The first-order valence-corrected chi connectivity index (χ1v) is 8.84. The van der Waals surface area contributed by atoms with Crippen molar-refractivity contribution >= 4 is 16.8 Å². The van der Waals surface area contributed by atoms with Crippen LogP contribution in [-0.2, 0) is 11.0 Å². The minimum absolute atomic E-state index is 0.108. The Bertz CT molecular complexity index is 683. The lowest BCUT2D eigenvalue weighted by Crippen LogP contribution is -2.35. The summed E-state index contributed by atoms with van der Waals surface area (Å²) in [5, 5.41) is 8.26. The van der Waals surface area contributed by atoms with Crippen LogP contribution in [0.2, 0.25) is 0 Å². The van der Waals surface area contributed by atoms with Gasteiger partial charge in [-0.15, -0.1) is 10.2 Å². The van der Waals surface area contributed by atoms with Gasteiger partial charge in [-0.1, -0.05) is 37.3 Å². The Balaban J connectivity index is 2.44. The van der Waals surface area contributed by atoms with E-state index in [1.165, 1.54) is 0 Å². The van der Waals surface area contributed by atoms with Crippen LogP contribution in [0.15, 0.2) is 36.4 Å². The Morgan fingerprint density at radius 1 is 1.22 bits per heavy atom. The summed E-state index contributed by atoms with van der Waals surface area (Å²) in [5.74, 6) is 0.362. The normalized spacial score (nSPS) is 14.4. The van der Waals surface area contributed by atoms with Crippen LogP contribution >= 0.6 is 0 Å². The molecule has 0 aliphatic rings. The topological polar surface area (TPSA) is 80.9 Å². The van der Waals surface area contributed by atoms with Crippen molar-refractivity contribution in [3.63, 3.8) is 0 Å². The molecule has 2 aromatic rings. The number of anilines is 1. The molecule has 0 radical (unpaired) electrons. The van der Waals surface area contributed by atoms with Gasteiger partial charge in [-0.05, 0) is 33.3 Å². The third-order valence-electron chi connectivity index (χ3n) is 3.48. The molecule has 0 fully saturated rings. The summed E-state index contributed by atoms with van der Waals surface area (Å²) < 4.78 is 15.3. The molecule has 1 aromatic carbocycles. The van der Waals surface area contributed by atoms with E-state index in [-0.39, 0.29) is 10.8 Å². The van der Waals surface area contributed by atoms with E-state index in [4.69, 9.17) is 5.73 Å². The number of hydrogen-bond acceptors (Lipinski definition) is 4. The summed E-state index contributed by atoms with van der Waals surface area (Å²) in [6.07, 6.45) is 0.771. The number of aromatic nitrogens is 2. The average molecular weight is 332 g/mol. The largest absolute Gasteiger partial charge is 0.382 e. The van der Waals surface area contributed by atoms with Crippen LogP contribution in [0.3, 0.4) is 0 Å². The molecular formula is C17H24N4OS. The van der Waals surface area contributed by atoms with E-state index >= 15 is 0 Å². The molecule has 0 aliphatic heterocycles. The highest BCUT2D eigenvalue weighted by atomic mass is 32.2. The van der Waals surface area contributed by atoms with Crippen molar-refractivity contribution in [1.29, 1.82) is 0 Å². The predicted molar refractivity (Wildman–Crippen MR) is 95.9 cm³/mol. The Hall–Kier alpha value is -1.79. The fourth-order valence-electron chi connectivity index (χ4n) is 2.18. The Labute approximate surface area is 140 Å². The minimum Gasteiger partial charge on any atom is -0.382 e. The van der Waals surface area contributed by atoms with Gasteiger partial charge >= 0.3 is 0 Å². The molecule has 2 atom stereocenters. The maximum atomic E-state index is 12.5. The standard InChI is InChI=1S/C17H24N4OS/c1-5-14(21-23(22)17(2,3)4)13-11-15(18)19-20-16(13)12-9-7-6-8-10-12/h6-11,14,21H,5H2,1-4H3,(H2,18,19)/t14-,23?/m0/s1. The van der Waals surface area contributed by atoms with Crippen molar-refractivity contribution in [2.45, 2.75) is 44.9 Å². The van der Waals surface area contributed by atoms with Gasteiger partial charge in [0.25, 0.3) is 0 Å². The van der Waals surface area contributed by atoms with E-state index in [9.17, 15) is 4.21 Å². The molecule has 2 rings (SSSR count). The zero-order valence-electron chi connectivity index (χ0n) is 14.0. The molecule has 3 N–H and O–H groups in total. The Morgan fingerprint density at radius 2 is 1.87 bits per heavy atom. The number of benzene rings is 1. The highest BCUT2D eigenvalue weighted by Gasteiger charge is 2.25. The van der Waals surface area contributed by atoms with Crippen molar-refractivity contribution in [1.82, 2.24) is 14.9 Å². The Morgan fingerprint density at radius 3 is 2.43 bits per heavy atom. The van der Waals surface area contributed by atoms with E-state index in [0.717, 1.165) is 23.2 Å². The lowest BCUT2D eigenvalue weighted by atomic mass is 9.99. The van der Waals surface area contributed by atoms with Crippen molar-refractivity contribution in [2.24, 2.45) is 0 Å². The highest BCUT2D eigenvalue weighted by molar-refractivity contribution is 7.84. The first-order chi connectivity index (χ1) is 10.8.